The molecule has 0 saturated carbocycles. The van der Waals surface area contributed by atoms with Crippen LogP contribution in [0.2, 0.25) is 0 Å². The topological polar surface area (TPSA) is 37.8 Å². The Labute approximate surface area is 119 Å². The zero-order chi connectivity index (χ0) is 14.7. The third-order valence-corrected chi connectivity index (χ3v) is 3.21. The van der Waals surface area contributed by atoms with Crippen LogP contribution in [-0.2, 0) is 6.54 Å². The highest BCUT2D eigenvalue weighted by atomic mass is 19.1. The molecule has 0 unspecified atom stereocenters. The second-order valence-corrected chi connectivity index (χ2v) is 5.24. The van der Waals surface area contributed by atoms with Gasteiger partial charge in [-0.15, -0.1) is 0 Å². The maximum atomic E-state index is 13.0. The highest BCUT2D eigenvalue weighted by Crippen LogP contribution is 2.19. The van der Waals surface area contributed by atoms with Gasteiger partial charge in [0.1, 0.15) is 5.82 Å². The average molecular weight is 273 g/mol. The van der Waals surface area contributed by atoms with Gasteiger partial charge in [-0.2, -0.15) is 0 Å². The van der Waals surface area contributed by atoms with E-state index in [9.17, 15) is 4.39 Å². The second kappa shape index (κ2) is 6.09. The van der Waals surface area contributed by atoms with Crippen LogP contribution in [0.3, 0.4) is 0 Å². The summed E-state index contributed by atoms with van der Waals surface area (Å²) in [6.45, 7) is 8.95. The molecule has 1 aromatic carbocycles. The first-order valence-electron chi connectivity index (χ1n) is 6.81. The van der Waals surface area contributed by atoms with Crippen molar-refractivity contribution >= 4 is 0 Å². The van der Waals surface area contributed by atoms with E-state index in [2.05, 4.69) is 29.1 Å². The maximum absolute atomic E-state index is 13.0. The van der Waals surface area contributed by atoms with Gasteiger partial charge in [0.2, 0.25) is 0 Å². The smallest absolute Gasteiger partial charge is 0.159 e. The van der Waals surface area contributed by atoms with Crippen LogP contribution >= 0.6 is 0 Å². The van der Waals surface area contributed by atoms with Gasteiger partial charge < -0.3 is 5.32 Å². The van der Waals surface area contributed by atoms with Crippen molar-refractivity contribution in [2.24, 2.45) is 0 Å². The van der Waals surface area contributed by atoms with Gasteiger partial charge in [0, 0.05) is 35.1 Å². The normalized spacial score (nSPS) is 11.1. The summed E-state index contributed by atoms with van der Waals surface area (Å²) in [5.41, 5.74) is 3.89. The van der Waals surface area contributed by atoms with Crippen LogP contribution in [0.15, 0.2) is 24.3 Å². The Morgan fingerprint density at radius 2 is 1.60 bits per heavy atom. The Morgan fingerprint density at radius 3 is 2.10 bits per heavy atom. The third-order valence-electron chi connectivity index (χ3n) is 3.21. The lowest BCUT2D eigenvalue weighted by Crippen LogP contribution is -2.23. The quantitative estimate of drug-likeness (QED) is 0.927. The minimum atomic E-state index is -0.250. The van der Waals surface area contributed by atoms with Crippen LogP contribution < -0.4 is 5.32 Å². The monoisotopic (exact) mass is 273 g/mol. The molecule has 0 aliphatic heterocycles. The van der Waals surface area contributed by atoms with E-state index in [1.54, 1.807) is 12.1 Å². The van der Waals surface area contributed by atoms with Gasteiger partial charge in [-0.25, -0.2) is 14.4 Å². The fraction of sp³-hybridized carbons (Fsp3) is 0.375. The Morgan fingerprint density at radius 1 is 1.05 bits per heavy atom. The van der Waals surface area contributed by atoms with E-state index in [-0.39, 0.29) is 5.82 Å². The maximum Gasteiger partial charge on any atom is 0.159 e. The molecule has 0 saturated heterocycles. The molecule has 20 heavy (non-hydrogen) atoms. The van der Waals surface area contributed by atoms with Crippen molar-refractivity contribution in [2.75, 3.05) is 0 Å². The first kappa shape index (κ1) is 14.6. The van der Waals surface area contributed by atoms with Crippen LogP contribution in [0.4, 0.5) is 4.39 Å². The summed E-state index contributed by atoms with van der Waals surface area (Å²) < 4.78 is 13.0. The lowest BCUT2D eigenvalue weighted by atomic mass is 10.1. The minimum Gasteiger partial charge on any atom is -0.310 e. The van der Waals surface area contributed by atoms with Crippen molar-refractivity contribution in [1.82, 2.24) is 15.3 Å². The molecule has 1 aromatic heterocycles. The average Bonchev–Trinajstić information content (AvgIpc) is 2.38. The molecule has 0 aliphatic carbocycles. The second-order valence-electron chi connectivity index (χ2n) is 5.24. The van der Waals surface area contributed by atoms with Gasteiger partial charge in [0.15, 0.2) is 5.82 Å². The summed E-state index contributed by atoms with van der Waals surface area (Å²) in [5, 5.41) is 3.38. The van der Waals surface area contributed by atoms with E-state index < -0.39 is 0 Å². The van der Waals surface area contributed by atoms with Crippen molar-refractivity contribution in [3.8, 4) is 11.4 Å². The van der Waals surface area contributed by atoms with Crippen LogP contribution in [0.5, 0.6) is 0 Å². The predicted octanol–water partition coefficient (Wildman–Crippen LogP) is 3.40. The number of benzene rings is 1. The molecule has 4 heteroatoms. The van der Waals surface area contributed by atoms with Gasteiger partial charge in [0.25, 0.3) is 0 Å². The molecule has 3 nitrogen and oxygen atoms in total. The molecule has 1 heterocycles. The van der Waals surface area contributed by atoms with Crippen molar-refractivity contribution < 1.29 is 4.39 Å². The molecule has 106 valence electrons. The van der Waals surface area contributed by atoms with E-state index in [4.69, 9.17) is 0 Å². The largest absolute Gasteiger partial charge is 0.310 e. The fourth-order valence-electron chi connectivity index (χ4n) is 2.03. The van der Waals surface area contributed by atoms with E-state index in [1.165, 1.54) is 12.1 Å². The van der Waals surface area contributed by atoms with Crippen molar-refractivity contribution in [1.29, 1.82) is 0 Å². The van der Waals surface area contributed by atoms with Gasteiger partial charge >= 0.3 is 0 Å². The Balaban J connectivity index is 2.32. The molecule has 0 atom stereocenters. The Hall–Kier alpha value is -1.81. The fourth-order valence-corrected chi connectivity index (χ4v) is 2.03. The summed E-state index contributed by atoms with van der Waals surface area (Å²) >= 11 is 0. The van der Waals surface area contributed by atoms with Crippen LogP contribution in [0, 0.1) is 19.7 Å². The molecule has 2 rings (SSSR count). The summed E-state index contributed by atoms with van der Waals surface area (Å²) in [6, 6.07) is 6.69. The molecule has 0 fully saturated rings. The standard InChI is InChI=1S/C16H20FN3/c1-10(2)18-9-15-11(3)19-16(20-12(15)4)13-5-7-14(17)8-6-13/h5-8,10,18H,9H2,1-4H3. The van der Waals surface area contributed by atoms with E-state index in [1.807, 2.05) is 13.8 Å². The SMILES string of the molecule is Cc1nc(-c2ccc(F)cc2)nc(C)c1CNC(C)C. The van der Waals surface area contributed by atoms with E-state index in [0.717, 1.165) is 29.1 Å². The minimum absolute atomic E-state index is 0.250. The van der Waals surface area contributed by atoms with Crippen LogP contribution in [0.25, 0.3) is 11.4 Å². The van der Waals surface area contributed by atoms with Crippen LogP contribution in [0.1, 0.15) is 30.8 Å². The van der Waals surface area contributed by atoms with E-state index in [0.29, 0.717) is 11.9 Å². The molecular weight excluding hydrogens is 253 g/mol. The van der Waals surface area contributed by atoms with Crippen molar-refractivity contribution in [3.63, 3.8) is 0 Å². The first-order valence-corrected chi connectivity index (χ1v) is 6.81. The summed E-state index contributed by atoms with van der Waals surface area (Å²) in [7, 11) is 0. The molecule has 1 N–H and O–H groups in total. The number of aryl methyl sites for hydroxylation is 2. The summed E-state index contributed by atoms with van der Waals surface area (Å²) in [5.74, 6) is 0.397. The number of nitrogens with zero attached hydrogens (tertiary/aromatic N) is 2. The molecule has 0 aliphatic rings. The zero-order valence-corrected chi connectivity index (χ0v) is 12.4. The molecule has 0 radical (unpaired) electrons. The Bertz CT molecular complexity index is 568. The van der Waals surface area contributed by atoms with Crippen molar-refractivity contribution in [2.45, 2.75) is 40.3 Å². The molecule has 0 amide bonds. The van der Waals surface area contributed by atoms with Gasteiger partial charge in [-0.05, 0) is 38.1 Å². The van der Waals surface area contributed by atoms with Gasteiger partial charge in [-0.3, -0.25) is 0 Å². The van der Waals surface area contributed by atoms with Gasteiger partial charge in [-0.1, -0.05) is 13.8 Å². The van der Waals surface area contributed by atoms with Crippen molar-refractivity contribution in [3.05, 3.63) is 47.0 Å². The first-order chi connectivity index (χ1) is 9.47. The van der Waals surface area contributed by atoms with Gasteiger partial charge in [0.05, 0.1) is 0 Å². The summed E-state index contributed by atoms with van der Waals surface area (Å²) in [4.78, 5) is 9.08. The lowest BCUT2D eigenvalue weighted by molar-refractivity contribution is 0.583. The third kappa shape index (κ3) is 3.39. The number of rotatable bonds is 4. The highest BCUT2D eigenvalue weighted by molar-refractivity contribution is 5.55. The number of nitrogens with one attached hydrogen (secondary N) is 1. The molecule has 0 bridgehead atoms. The summed E-state index contributed by atoms with van der Waals surface area (Å²) in [6.07, 6.45) is 0. The molecule has 0 spiro atoms. The zero-order valence-electron chi connectivity index (χ0n) is 12.4. The molecular formula is C16H20FN3. The van der Waals surface area contributed by atoms with E-state index >= 15 is 0 Å². The highest BCUT2D eigenvalue weighted by Gasteiger charge is 2.10. The van der Waals surface area contributed by atoms with Crippen LogP contribution in [-0.4, -0.2) is 16.0 Å². The number of hydrogen-bond acceptors (Lipinski definition) is 3. The number of halogens is 1. The number of aromatic nitrogens is 2. The molecule has 2 aromatic rings. The number of hydrogen-bond donors (Lipinski definition) is 1. The lowest BCUT2D eigenvalue weighted by Gasteiger charge is -2.13. The predicted molar refractivity (Wildman–Crippen MR) is 78.9 cm³/mol. The Kier molecular flexibility index (Phi) is 4.45.